The van der Waals surface area contributed by atoms with Gasteiger partial charge >= 0.3 is 0 Å². The first kappa shape index (κ1) is 17.7. The van der Waals surface area contributed by atoms with Crippen molar-refractivity contribution in [1.82, 2.24) is 0 Å². The second kappa shape index (κ2) is 6.97. The molecule has 0 N–H and O–H groups in total. The van der Waals surface area contributed by atoms with Gasteiger partial charge in [-0.2, -0.15) is 0 Å². The predicted octanol–water partition coefficient (Wildman–Crippen LogP) is 7.20. The molecular weight excluding hydrogens is 352 g/mol. The van der Waals surface area contributed by atoms with Crippen LogP contribution >= 0.6 is 0 Å². The van der Waals surface area contributed by atoms with Crippen LogP contribution in [0.2, 0.25) is 0 Å². The number of ketones is 1. The quantitative estimate of drug-likeness (QED) is 0.438. The van der Waals surface area contributed by atoms with Gasteiger partial charge in [-0.05, 0) is 101 Å². The molecule has 0 aliphatic heterocycles. The second-order valence-corrected chi connectivity index (χ2v) is 9.96. The van der Waals surface area contributed by atoms with Crippen LogP contribution in [0.15, 0.2) is 48.5 Å². The minimum Gasteiger partial charge on any atom is -0.299 e. The molecule has 0 heterocycles. The zero-order valence-corrected chi connectivity index (χ0v) is 17.2. The third-order valence-electron chi connectivity index (χ3n) is 8.29. The minimum absolute atomic E-state index is 0.113. The fourth-order valence-electron chi connectivity index (χ4n) is 6.87. The van der Waals surface area contributed by atoms with Crippen molar-refractivity contribution >= 4 is 27.3 Å². The molecule has 4 unspecified atom stereocenters. The molecule has 0 saturated heterocycles. The summed E-state index contributed by atoms with van der Waals surface area (Å²) in [6.45, 7) is 0. The van der Waals surface area contributed by atoms with Gasteiger partial charge < -0.3 is 0 Å². The van der Waals surface area contributed by atoms with Crippen LogP contribution in [0.3, 0.4) is 0 Å². The van der Waals surface area contributed by atoms with Crippen molar-refractivity contribution < 1.29 is 4.79 Å². The van der Waals surface area contributed by atoms with Crippen LogP contribution in [0.25, 0.3) is 21.5 Å². The Morgan fingerprint density at radius 3 is 2.45 bits per heavy atom. The molecule has 4 atom stereocenters. The first-order valence-electron chi connectivity index (χ1n) is 11.7. The number of benzene rings is 3. The summed E-state index contributed by atoms with van der Waals surface area (Å²) in [7, 11) is 0. The molecular formula is C28H30O. The van der Waals surface area contributed by atoms with Crippen molar-refractivity contribution in [3.05, 3.63) is 59.7 Å². The topological polar surface area (TPSA) is 17.1 Å². The highest BCUT2D eigenvalue weighted by Crippen LogP contribution is 2.50. The van der Waals surface area contributed by atoms with Crippen LogP contribution in [0, 0.1) is 17.8 Å². The Hall–Kier alpha value is -2.15. The third-order valence-corrected chi connectivity index (χ3v) is 8.29. The van der Waals surface area contributed by atoms with Crippen LogP contribution in [0.4, 0.5) is 0 Å². The lowest BCUT2D eigenvalue weighted by Crippen LogP contribution is -2.21. The van der Waals surface area contributed by atoms with Gasteiger partial charge in [0.2, 0.25) is 0 Å². The number of fused-ring (bicyclic) bond motifs is 4. The molecule has 0 spiro atoms. The van der Waals surface area contributed by atoms with E-state index in [9.17, 15) is 4.79 Å². The van der Waals surface area contributed by atoms with Gasteiger partial charge in [0.05, 0.1) is 0 Å². The van der Waals surface area contributed by atoms with Crippen LogP contribution in [-0.4, -0.2) is 5.78 Å². The standard InChI is InChI=1S/C28H30O/c29-27-8-4-3-7-25(27)28-23(16-24-14-18-9-10-21(24)13-18)12-11-22-15-19-5-1-2-6-20(19)17-26(22)28/h1-2,5-6,11-12,15,17-18,21,24-25H,3-4,7-10,13-14,16H2. The largest absolute Gasteiger partial charge is 0.299 e. The Morgan fingerprint density at radius 1 is 0.828 bits per heavy atom. The summed E-state index contributed by atoms with van der Waals surface area (Å²) in [5.41, 5.74) is 2.87. The van der Waals surface area contributed by atoms with Crippen molar-refractivity contribution in [2.45, 2.75) is 63.7 Å². The van der Waals surface area contributed by atoms with E-state index in [4.69, 9.17) is 0 Å². The molecule has 29 heavy (non-hydrogen) atoms. The van der Waals surface area contributed by atoms with Crippen LogP contribution in [-0.2, 0) is 11.2 Å². The zero-order valence-electron chi connectivity index (χ0n) is 17.2. The summed E-state index contributed by atoms with van der Waals surface area (Å²) < 4.78 is 0. The number of hydrogen-bond donors (Lipinski definition) is 0. The van der Waals surface area contributed by atoms with E-state index >= 15 is 0 Å². The Morgan fingerprint density at radius 2 is 1.69 bits per heavy atom. The van der Waals surface area contributed by atoms with E-state index in [1.165, 1.54) is 71.2 Å². The number of hydrogen-bond acceptors (Lipinski definition) is 1. The Balaban J connectivity index is 1.51. The molecule has 0 radical (unpaired) electrons. The zero-order chi connectivity index (χ0) is 19.4. The van der Waals surface area contributed by atoms with Crippen molar-refractivity contribution in [2.24, 2.45) is 17.8 Å². The molecule has 1 heteroatoms. The Kier molecular flexibility index (Phi) is 4.25. The first-order valence-corrected chi connectivity index (χ1v) is 11.7. The second-order valence-electron chi connectivity index (χ2n) is 9.96. The highest BCUT2D eigenvalue weighted by molar-refractivity contribution is 6.02. The van der Waals surface area contributed by atoms with Gasteiger partial charge in [0, 0.05) is 12.3 Å². The summed E-state index contributed by atoms with van der Waals surface area (Å²) >= 11 is 0. The number of carbonyl (C=O) groups excluding carboxylic acids is 1. The van der Waals surface area contributed by atoms with Gasteiger partial charge in [-0.3, -0.25) is 4.79 Å². The predicted molar refractivity (Wildman–Crippen MR) is 120 cm³/mol. The van der Waals surface area contributed by atoms with E-state index in [-0.39, 0.29) is 5.92 Å². The molecule has 3 aromatic rings. The molecule has 3 aromatic carbocycles. The lowest BCUT2D eigenvalue weighted by Gasteiger charge is -2.28. The van der Waals surface area contributed by atoms with E-state index in [0.29, 0.717) is 5.78 Å². The maximum absolute atomic E-state index is 13.0. The van der Waals surface area contributed by atoms with Gasteiger partial charge in [0.1, 0.15) is 5.78 Å². The molecule has 0 aromatic heterocycles. The van der Waals surface area contributed by atoms with Gasteiger partial charge in [-0.1, -0.05) is 49.2 Å². The highest BCUT2D eigenvalue weighted by atomic mass is 16.1. The number of carbonyl (C=O) groups is 1. The maximum Gasteiger partial charge on any atom is 0.140 e. The van der Waals surface area contributed by atoms with Gasteiger partial charge in [0.25, 0.3) is 0 Å². The Labute approximate surface area is 173 Å². The molecule has 6 rings (SSSR count). The van der Waals surface area contributed by atoms with Crippen molar-refractivity contribution in [2.75, 3.05) is 0 Å². The fourth-order valence-corrected chi connectivity index (χ4v) is 6.87. The summed E-state index contributed by atoms with van der Waals surface area (Å²) in [4.78, 5) is 13.0. The summed E-state index contributed by atoms with van der Waals surface area (Å²) in [5, 5.41) is 5.22. The third kappa shape index (κ3) is 3.01. The number of rotatable bonds is 3. The fraction of sp³-hybridized carbons (Fsp3) is 0.464. The smallest absolute Gasteiger partial charge is 0.140 e. The summed E-state index contributed by atoms with van der Waals surface area (Å²) in [6, 6.07) is 18.0. The normalized spacial score (nSPS) is 29.2. The maximum atomic E-state index is 13.0. The Bertz CT molecular complexity index is 1090. The molecule has 3 aliphatic rings. The first-order chi connectivity index (χ1) is 14.3. The van der Waals surface area contributed by atoms with Gasteiger partial charge in [-0.25, -0.2) is 0 Å². The number of Topliss-reactive ketones (excluding diaryl/α,β-unsaturated/α-hetero) is 1. The lowest BCUT2D eigenvalue weighted by molar-refractivity contribution is -0.121. The average molecular weight is 383 g/mol. The highest BCUT2D eigenvalue weighted by Gasteiger charge is 2.40. The molecule has 2 bridgehead atoms. The van der Waals surface area contributed by atoms with E-state index in [1.807, 2.05) is 0 Å². The lowest BCUT2D eigenvalue weighted by atomic mass is 9.75. The van der Waals surface area contributed by atoms with Crippen molar-refractivity contribution in [3.63, 3.8) is 0 Å². The van der Waals surface area contributed by atoms with Gasteiger partial charge in [-0.15, -0.1) is 0 Å². The van der Waals surface area contributed by atoms with Gasteiger partial charge in [0.15, 0.2) is 0 Å². The molecule has 0 amide bonds. The van der Waals surface area contributed by atoms with E-state index in [2.05, 4.69) is 48.5 Å². The molecule has 3 saturated carbocycles. The van der Waals surface area contributed by atoms with E-state index in [0.717, 1.165) is 37.0 Å². The average Bonchev–Trinajstić information content (AvgIpc) is 3.36. The van der Waals surface area contributed by atoms with E-state index < -0.39 is 0 Å². The molecule has 148 valence electrons. The molecule has 3 fully saturated rings. The monoisotopic (exact) mass is 382 g/mol. The summed E-state index contributed by atoms with van der Waals surface area (Å²) in [5.74, 6) is 3.34. The van der Waals surface area contributed by atoms with Crippen molar-refractivity contribution in [3.8, 4) is 0 Å². The molecule has 3 aliphatic carbocycles. The minimum atomic E-state index is 0.113. The molecule has 1 nitrogen and oxygen atoms in total. The van der Waals surface area contributed by atoms with Crippen LogP contribution in [0.5, 0.6) is 0 Å². The SMILES string of the molecule is O=C1CCCCC1c1c(CC2CC3CCC2C3)ccc2cc3ccccc3cc12. The van der Waals surface area contributed by atoms with Crippen LogP contribution < -0.4 is 0 Å². The summed E-state index contributed by atoms with van der Waals surface area (Å²) in [6.07, 6.45) is 11.0. The van der Waals surface area contributed by atoms with E-state index in [1.54, 1.807) is 0 Å². The van der Waals surface area contributed by atoms with Crippen LogP contribution in [0.1, 0.15) is 68.4 Å². The van der Waals surface area contributed by atoms with Crippen molar-refractivity contribution in [1.29, 1.82) is 0 Å².